The molecule has 2 aromatic heterocycles. The number of thioether (sulfide) groups is 2. The van der Waals surface area contributed by atoms with Crippen LogP contribution in [0.15, 0.2) is 96.4 Å². The largest absolute Gasteiger partial charge is 0.393 e. The fourth-order valence-electron chi connectivity index (χ4n) is 7.39. The molecule has 2 aliphatic heterocycles. The first-order chi connectivity index (χ1) is 30.0. The summed E-state index contributed by atoms with van der Waals surface area (Å²) in [4.78, 5) is 50.9. The van der Waals surface area contributed by atoms with Crippen LogP contribution in [0.25, 0.3) is 0 Å². The SMILES string of the molecule is CSCCN1C(=O)N(c2ccccc2Cl)Cc2cnc(NC3CCC(O)CC3)nc21.CSCCN1C(=O)N(c2ccccc2Cl)Cc2cnc(S(=O)(=O)Cc3ccccc3)nc21. The van der Waals surface area contributed by atoms with Gasteiger partial charge in [-0.3, -0.25) is 19.6 Å². The molecule has 0 saturated heterocycles. The molecule has 19 heteroatoms. The molecule has 8 rings (SSSR count). The Balaban J connectivity index is 0.000000187. The van der Waals surface area contributed by atoms with Crippen molar-refractivity contribution in [3.8, 4) is 0 Å². The first-order valence-electron chi connectivity index (χ1n) is 20.1. The van der Waals surface area contributed by atoms with Crippen molar-refractivity contribution in [2.45, 2.75) is 61.8 Å². The number of fused-ring (bicyclic) bond motifs is 2. The number of aliphatic hydroxyl groups excluding tert-OH is 1. The average Bonchev–Trinajstić information content (AvgIpc) is 3.27. The van der Waals surface area contributed by atoms with Crippen molar-refractivity contribution in [2.24, 2.45) is 0 Å². The Labute approximate surface area is 380 Å². The summed E-state index contributed by atoms with van der Waals surface area (Å²) in [5.41, 5.74) is 3.46. The van der Waals surface area contributed by atoms with Crippen molar-refractivity contribution < 1.29 is 23.1 Å². The minimum atomic E-state index is -3.78. The van der Waals surface area contributed by atoms with Crippen molar-refractivity contribution in [2.75, 3.05) is 62.0 Å². The number of aromatic nitrogens is 4. The van der Waals surface area contributed by atoms with Crippen LogP contribution in [-0.4, -0.2) is 94.8 Å². The van der Waals surface area contributed by atoms with Gasteiger partial charge in [0.1, 0.15) is 11.6 Å². The number of anilines is 5. The second-order valence-corrected chi connectivity index (χ2v) is 19.5. The van der Waals surface area contributed by atoms with Gasteiger partial charge in [-0.25, -0.2) is 33.0 Å². The number of carbonyl (C=O) groups is 2. The molecule has 1 aliphatic carbocycles. The zero-order chi connectivity index (χ0) is 43.8. The maximum Gasteiger partial charge on any atom is 0.330 e. The highest BCUT2D eigenvalue weighted by atomic mass is 35.5. The van der Waals surface area contributed by atoms with E-state index >= 15 is 0 Å². The van der Waals surface area contributed by atoms with Gasteiger partial charge in [0, 0.05) is 54.2 Å². The Bertz CT molecular complexity index is 2480. The van der Waals surface area contributed by atoms with Gasteiger partial charge in [-0.1, -0.05) is 77.8 Å². The Hall–Kier alpha value is -4.65. The van der Waals surface area contributed by atoms with Gasteiger partial charge in [0.15, 0.2) is 0 Å². The fourth-order valence-corrected chi connectivity index (χ4v) is 9.79. The van der Waals surface area contributed by atoms with Crippen LogP contribution in [0.2, 0.25) is 10.0 Å². The Kier molecular flexibility index (Phi) is 15.1. The first-order valence-corrected chi connectivity index (χ1v) is 25.2. The van der Waals surface area contributed by atoms with E-state index < -0.39 is 9.84 Å². The van der Waals surface area contributed by atoms with Gasteiger partial charge in [0.25, 0.3) is 0 Å². The Morgan fingerprint density at radius 2 is 1.21 bits per heavy atom. The fraction of sp³-hybridized carbons (Fsp3) is 0.349. The molecule has 0 spiro atoms. The number of rotatable bonds is 13. The number of hydrogen-bond donors (Lipinski definition) is 2. The lowest BCUT2D eigenvalue weighted by molar-refractivity contribution is 0.126. The van der Waals surface area contributed by atoms with Gasteiger partial charge in [-0.2, -0.15) is 28.5 Å². The van der Waals surface area contributed by atoms with Crippen molar-refractivity contribution in [3.63, 3.8) is 0 Å². The normalized spacial score (nSPS) is 17.6. The summed E-state index contributed by atoms with van der Waals surface area (Å²) in [6, 6.07) is 23.2. The number of halogens is 2. The zero-order valence-electron chi connectivity index (χ0n) is 34.2. The molecule has 3 aromatic carbocycles. The predicted molar refractivity (Wildman–Crippen MR) is 251 cm³/mol. The van der Waals surface area contributed by atoms with E-state index in [0.29, 0.717) is 75.5 Å². The van der Waals surface area contributed by atoms with E-state index in [1.54, 1.807) is 93.0 Å². The minimum absolute atomic E-state index is 0.130. The van der Waals surface area contributed by atoms with Crippen LogP contribution in [0.3, 0.4) is 0 Å². The lowest BCUT2D eigenvalue weighted by Gasteiger charge is -2.36. The first kappa shape index (κ1) is 45.4. The maximum atomic E-state index is 13.4. The second kappa shape index (κ2) is 20.7. The van der Waals surface area contributed by atoms with E-state index in [1.165, 1.54) is 11.1 Å². The number of sulfone groups is 1. The molecule has 5 aromatic rings. The minimum Gasteiger partial charge on any atom is -0.393 e. The number of benzene rings is 3. The molecule has 0 radical (unpaired) electrons. The third kappa shape index (κ3) is 10.6. The van der Waals surface area contributed by atoms with E-state index in [2.05, 4.69) is 20.3 Å². The zero-order valence-corrected chi connectivity index (χ0v) is 38.2. The van der Waals surface area contributed by atoms with Crippen molar-refractivity contribution >= 4 is 97.6 Å². The van der Waals surface area contributed by atoms with Crippen LogP contribution >= 0.6 is 46.7 Å². The summed E-state index contributed by atoms with van der Waals surface area (Å²) in [7, 11) is -3.78. The molecular weight excluding hydrogens is 890 g/mol. The quantitative estimate of drug-likeness (QED) is 0.108. The van der Waals surface area contributed by atoms with Crippen LogP contribution in [0.1, 0.15) is 42.4 Å². The lowest BCUT2D eigenvalue weighted by Crippen LogP contribution is -2.49. The standard InChI is InChI=1S/C22H21ClN4O3S2.C21H26ClN5O2S/c1-31-12-11-26-20-17(14-27(22(26)28)19-10-6-5-9-18(19)23)13-24-21(25-20)32(29,30)15-16-7-3-2-4-8-16;1-30-11-10-26-19-14(13-27(21(26)29)18-5-3-2-4-17(18)22)12-23-20(25-19)24-15-6-8-16(28)9-7-15/h2-10,13H,11-12,14-15H2,1H3;2-5,12,15-16,28H,6-11,13H2,1H3,(H,23,24,25). The van der Waals surface area contributed by atoms with Gasteiger partial charge in [-0.05, 0) is 68.0 Å². The van der Waals surface area contributed by atoms with Gasteiger partial charge in [0.05, 0.1) is 46.4 Å². The van der Waals surface area contributed by atoms with Crippen LogP contribution in [0.5, 0.6) is 0 Å². The van der Waals surface area contributed by atoms with E-state index in [9.17, 15) is 23.1 Å². The number of urea groups is 2. The molecule has 0 atom stereocenters. The lowest BCUT2D eigenvalue weighted by atomic mass is 9.93. The highest BCUT2D eigenvalue weighted by Crippen LogP contribution is 2.36. The molecule has 0 bridgehead atoms. The molecule has 14 nitrogen and oxygen atoms in total. The second-order valence-electron chi connectivity index (χ2n) is 14.9. The van der Waals surface area contributed by atoms with Gasteiger partial charge in [0.2, 0.25) is 20.9 Å². The van der Waals surface area contributed by atoms with Gasteiger partial charge in [-0.15, -0.1) is 0 Å². The van der Waals surface area contributed by atoms with Crippen LogP contribution in [0, 0.1) is 0 Å². The number of aliphatic hydroxyl groups is 1. The summed E-state index contributed by atoms with van der Waals surface area (Å²) in [6.45, 7) is 1.51. The van der Waals surface area contributed by atoms with E-state index in [1.807, 2.05) is 42.8 Å². The van der Waals surface area contributed by atoms with Crippen LogP contribution < -0.4 is 24.9 Å². The number of carbonyl (C=O) groups excluding carboxylic acids is 2. The molecular formula is C43H47Cl2N9O5S3. The van der Waals surface area contributed by atoms with Gasteiger partial charge < -0.3 is 10.4 Å². The molecule has 62 heavy (non-hydrogen) atoms. The molecule has 2 N–H and O–H groups in total. The number of nitrogens with zero attached hydrogens (tertiary/aromatic N) is 8. The molecule has 1 fully saturated rings. The van der Waals surface area contributed by atoms with Crippen molar-refractivity contribution in [1.29, 1.82) is 0 Å². The summed E-state index contributed by atoms with van der Waals surface area (Å²) < 4.78 is 25.9. The summed E-state index contributed by atoms with van der Waals surface area (Å²) in [5.74, 6) is 2.77. The van der Waals surface area contributed by atoms with Crippen LogP contribution in [-0.2, 0) is 28.7 Å². The summed E-state index contributed by atoms with van der Waals surface area (Å²) >= 11 is 16.0. The molecule has 1 saturated carbocycles. The molecule has 4 heterocycles. The van der Waals surface area contributed by atoms with Crippen molar-refractivity contribution in [3.05, 3.63) is 118 Å². The van der Waals surface area contributed by atoms with E-state index in [4.69, 9.17) is 28.2 Å². The smallest absolute Gasteiger partial charge is 0.330 e. The Morgan fingerprint density at radius 1 is 0.710 bits per heavy atom. The number of para-hydroxylation sites is 2. The number of amides is 4. The molecule has 0 unspecified atom stereocenters. The van der Waals surface area contributed by atoms with Gasteiger partial charge >= 0.3 is 12.1 Å². The monoisotopic (exact) mass is 935 g/mol. The molecule has 4 amide bonds. The predicted octanol–water partition coefficient (Wildman–Crippen LogP) is 8.57. The number of nitrogens with one attached hydrogen (secondary N) is 1. The van der Waals surface area contributed by atoms with E-state index in [-0.39, 0.29) is 41.7 Å². The highest BCUT2D eigenvalue weighted by molar-refractivity contribution is 7.98. The van der Waals surface area contributed by atoms with Crippen LogP contribution in [0.4, 0.5) is 38.5 Å². The third-order valence-electron chi connectivity index (χ3n) is 10.6. The highest BCUT2D eigenvalue weighted by Gasteiger charge is 2.36. The summed E-state index contributed by atoms with van der Waals surface area (Å²) in [5, 5.41) is 13.8. The third-order valence-corrected chi connectivity index (χ3v) is 13.9. The van der Waals surface area contributed by atoms with Crippen molar-refractivity contribution in [1.82, 2.24) is 19.9 Å². The molecule has 326 valence electrons. The summed E-state index contributed by atoms with van der Waals surface area (Å²) in [6.07, 6.45) is 10.4. The topological polar surface area (TPSA) is 165 Å². The Morgan fingerprint density at radius 3 is 1.74 bits per heavy atom. The maximum absolute atomic E-state index is 13.4. The average molecular weight is 937 g/mol. The molecule has 3 aliphatic rings. The number of hydrogen-bond acceptors (Lipinski definition) is 12. The van der Waals surface area contributed by atoms with E-state index in [0.717, 1.165) is 37.0 Å².